The van der Waals surface area contributed by atoms with Crippen LogP contribution in [0, 0.1) is 0 Å². The fourth-order valence-electron chi connectivity index (χ4n) is 3.46. The van der Waals surface area contributed by atoms with Gasteiger partial charge in [-0.15, -0.1) is 16.4 Å². The lowest BCUT2D eigenvalue weighted by atomic mass is 10.1. The van der Waals surface area contributed by atoms with Crippen molar-refractivity contribution < 1.29 is 14.3 Å². The van der Waals surface area contributed by atoms with Gasteiger partial charge in [-0.25, -0.2) is 4.52 Å². The van der Waals surface area contributed by atoms with Gasteiger partial charge in [0.1, 0.15) is 5.75 Å². The number of benzene rings is 2. The highest BCUT2D eigenvalue weighted by atomic mass is 32.1. The molecule has 0 saturated heterocycles. The number of unbranched alkanes of at least 4 members (excludes halogenated alkanes) is 3. The average molecular weight is 478 g/mol. The number of ether oxygens (including phenoxy) is 1. The lowest BCUT2D eigenvalue weighted by molar-refractivity contribution is -0.114. The first-order chi connectivity index (χ1) is 16.5. The van der Waals surface area contributed by atoms with Crippen molar-refractivity contribution in [1.82, 2.24) is 14.6 Å². The summed E-state index contributed by atoms with van der Waals surface area (Å²) in [5, 5.41) is 11.9. The van der Waals surface area contributed by atoms with Crippen LogP contribution in [0.15, 0.2) is 53.9 Å². The van der Waals surface area contributed by atoms with Crippen LogP contribution in [0.5, 0.6) is 5.75 Å². The lowest BCUT2D eigenvalue weighted by Gasteiger charge is -2.07. The zero-order valence-corrected chi connectivity index (χ0v) is 20.0. The first kappa shape index (κ1) is 23.4. The second-order valence-corrected chi connectivity index (χ2v) is 8.73. The number of nitrogens with zero attached hydrogens (tertiary/aromatic N) is 3. The van der Waals surface area contributed by atoms with Crippen molar-refractivity contribution in [3.63, 3.8) is 0 Å². The number of rotatable bonds is 10. The monoisotopic (exact) mass is 477 g/mol. The smallest absolute Gasteiger partial charge is 0.258 e. The number of amides is 2. The highest BCUT2D eigenvalue weighted by Crippen LogP contribution is 2.27. The Kier molecular flexibility index (Phi) is 7.54. The minimum atomic E-state index is -0.283. The Morgan fingerprint density at radius 2 is 1.76 bits per heavy atom. The first-order valence-electron chi connectivity index (χ1n) is 11.3. The number of nitrogens with one attached hydrogen (secondary N) is 2. The first-order valence-corrected chi connectivity index (χ1v) is 12.2. The van der Waals surface area contributed by atoms with E-state index in [9.17, 15) is 9.59 Å². The maximum atomic E-state index is 12.7. The molecule has 0 aliphatic rings. The number of thiazole rings is 1. The third-order valence-electron chi connectivity index (χ3n) is 5.19. The van der Waals surface area contributed by atoms with Gasteiger partial charge in [-0.1, -0.05) is 38.3 Å². The summed E-state index contributed by atoms with van der Waals surface area (Å²) >= 11 is 1.43. The van der Waals surface area contributed by atoms with Crippen molar-refractivity contribution in [2.45, 2.75) is 39.5 Å². The summed E-state index contributed by atoms with van der Waals surface area (Å²) < 4.78 is 7.44. The van der Waals surface area contributed by atoms with Crippen LogP contribution >= 0.6 is 11.3 Å². The molecule has 8 nitrogen and oxygen atoms in total. The largest absolute Gasteiger partial charge is 0.494 e. The standard InChI is InChI=1S/C25H27N5O3S/c1-3-4-5-6-15-33-21-13-9-19(10-14-21)23(32)27-24-28-25-30(29-24)22(16-34-25)18-7-11-20(12-8-18)26-17(2)31/h7-14,16H,3-6,15H2,1-2H3,(H,26,31)(H,27,29,32). The Labute approximate surface area is 202 Å². The molecule has 4 aromatic rings. The zero-order chi connectivity index (χ0) is 23.9. The number of carbonyl (C=O) groups is 2. The third kappa shape index (κ3) is 5.79. The molecule has 176 valence electrons. The van der Waals surface area contributed by atoms with E-state index in [0.29, 0.717) is 17.1 Å². The second kappa shape index (κ2) is 10.9. The van der Waals surface area contributed by atoms with E-state index in [1.54, 1.807) is 28.8 Å². The normalized spacial score (nSPS) is 10.9. The minimum absolute atomic E-state index is 0.119. The van der Waals surface area contributed by atoms with E-state index in [2.05, 4.69) is 27.6 Å². The highest BCUT2D eigenvalue weighted by molar-refractivity contribution is 7.15. The summed E-state index contributed by atoms with van der Waals surface area (Å²) in [4.78, 5) is 29.0. The van der Waals surface area contributed by atoms with Crippen LogP contribution in [0.3, 0.4) is 0 Å². The van der Waals surface area contributed by atoms with Crippen LogP contribution in [0.4, 0.5) is 11.6 Å². The fraction of sp³-hybridized carbons (Fsp3) is 0.280. The molecule has 2 amide bonds. The van der Waals surface area contributed by atoms with E-state index in [4.69, 9.17) is 4.74 Å². The van der Waals surface area contributed by atoms with Gasteiger partial charge in [0.15, 0.2) is 0 Å². The van der Waals surface area contributed by atoms with Gasteiger partial charge in [0.25, 0.3) is 11.9 Å². The van der Waals surface area contributed by atoms with Crippen molar-refractivity contribution in [3.8, 4) is 17.0 Å². The van der Waals surface area contributed by atoms with Crippen LogP contribution in [-0.4, -0.2) is 33.0 Å². The minimum Gasteiger partial charge on any atom is -0.494 e. The van der Waals surface area contributed by atoms with Gasteiger partial charge >= 0.3 is 0 Å². The molecule has 0 spiro atoms. The van der Waals surface area contributed by atoms with Crippen LogP contribution in [0.25, 0.3) is 16.2 Å². The average Bonchev–Trinajstić information content (AvgIpc) is 3.40. The Balaban J connectivity index is 1.39. The number of fused-ring (bicyclic) bond motifs is 1. The molecule has 4 rings (SSSR count). The Hall–Kier alpha value is -3.72. The maximum absolute atomic E-state index is 12.7. The molecule has 2 N–H and O–H groups in total. The molecule has 0 aliphatic heterocycles. The van der Waals surface area contributed by atoms with Gasteiger partial charge < -0.3 is 10.1 Å². The van der Waals surface area contributed by atoms with E-state index in [0.717, 1.165) is 35.5 Å². The Morgan fingerprint density at radius 3 is 2.47 bits per heavy atom. The molecule has 2 aromatic heterocycles. The summed E-state index contributed by atoms with van der Waals surface area (Å²) in [5.74, 6) is 0.591. The summed E-state index contributed by atoms with van der Waals surface area (Å²) in [6, 6.07) is 14.5. The Morgan fingerprint density at radius 1 is 1.00 bits per heavy atom. The molecule has 0 saturated carbocycles. The van der Waals surface area contributed by atoms with Gasteiger partial charge in [0.05, 0.1) is 12.3 Å². The topological polar surface area (TPSA) is 97.6 Å². The van der Waals surface area contributed by atoms with Crippen molar-refractivity contribution in [3.05, 3.63) is 59.5 Å². The van der Waals surface area contributed by atoms with Crippen molar-refractivity contribution in [2.24, 2.45) is 0 Å². The van der Waals surface area contributed by atoms with Crippen LogP contribution in [0.1, 0.15) is 49.9 Å². The van der Waals surface area contributed by atoms with Crippen LogP contribution in [0.2, 0.25) is 0 Å². The van der Waals surface area contributed by atoms with E-state index in [1.165, 1.54) is 31.1 Å². The summed E-state index contributed by atoms with van der Waals surface area (Å²) in [6.45, 7) is 4.33. The molecule has 34 heavy (non-hydrogen) atoms. The molecule has 2 aromatic carbocycles. The molecule has 0 unspecified atom stereocenters. The molecule has 0 bridgehead atoms. The number of aromatic nitrogens is 3. The van der Waals surface area contributed by atoms with Crippen molar-refractivity contribution in [2.75, 3.05) is 17.2 Å². The van der Waals surface area contributed by atoms with Crippen LogP contribution < -0.4 is 15.4 Å². The predicted octanol–water partition coefficient (Wildman–Crippen LogP) is 5.63. The summed E-state index contributed by atoms with van der Waals surface area (Å²) in [7, 11) is 0. The van der Waals surface area contributed by atoms with E-state index < -0.39 is 0 Å². The molecular formula is C25H27N5O3S. The predicted molar refractivity (Wildman–Crippen MR) is 135 cm³/mol. The number of anilines is 2. The molecule has 0 aliphatic carbocycles. The molecule has 2 heterocycles. The van der Waals surface area contributed by atoms with Gasteiger partial charge in [-0.05, 0) is 42.8 Å². The van der Waals surface area contributed by atoms with E-state index >= 15 is 0 Å². The van der Waals surface area contributed by atoms with Gasteiger partial charge in [-0.2, -0.15) is 4.98 Å². The van der Waals surface area contributed by atoms with E-state index in [1.807, 2.05) is 29.6 Å². The second-order valence-electron chi connectivity index (χ2n) is 7.90. The van der Waals surface area contributed by atoms with Gasteiger partial charge in [0.2, 0.25) is 10.9 Å². The number of carbonyl (C=O) groups excluding carboxylic acids is 2. The van der Waals surface area contributed by atoms with Crippen molar-refractivity contribution in [1.29, 1.82) is 0 Å². The van der Waals surface area contributed by atoms with Crippen LogP contribution in [-0.2, 0) is 4.79 Å². The fourth-order valence-corrected chi connectivity index (χ4v) is 4.29. The molecular weight excluding hydrogens is 450 g/mol. The Bertz CT molecular complexity index is 1260. The zero-order valence-electron chi connectivity index (χ0n) is 19.2. The SMILES string of the molecule is CCCCCCOc1ccc(C(=O)Nc2nc3scc(-c4ccc(NC(C)=O)cc4)n3n2)cc1. The quantitative estimate of drug-likeness (QED) is 0.289. The maximum Gasteiger partial charge on any atom is 0.258 e. The lowest BCUT2D eigenvalue weighted by Crippen LogP contribution is -2.13. The third-order valence-corrected chi connectivity index (χ3v) is 6.01. The number of hydrogen-bond acceptors (Lipinski definition) is 6. The molecule has 0 atom stereocenters. The number of hydrogen-bond donors (Lipinski definition) is 2. The summed E-state index contributed by atoms with van der Waals surface area (Å²) in [6.07, 6.45) is 4.60. The molecule has 9 heteroatoms. The summed E-state index contributed by atoms with van der Waals surface area (Å²) in [5.41, 5.74) is 3.00. The molecule has 0 fully saturated rings. The van der Waals surface area contributed by atoms with Gasteiger partial charge in [-0.3, -0.25) is 14.9 Å². The molecule has 0 radical (unpaired) electrons. The highest BCUT2D eigenvalue weighted by Gasteiger charge is 2.14. The van der Waals surface area contributed by atoms with Crippen molar-refractivity contribution >= 4 is 39.7 Å². The van der Waals surface area contributed by atoms with E-state index in [-0.39, 0.29) is 17.8 Å². The van der Waals surface area contributed by atoms with Gasteiger partial charge in [0, 0.05) is 29.1 Å².